The molecule has 0 radical (unpaired) electrons. The van der Waals surface area contributed by atoms with Gasteiger partial charge in [0.05, 0.1) is 0 Å². The lowest BCUT2D eigenvalue weighted by Gasteiger charge is -2.39. The van der Waals surface area contributed by atoms with Crippen LogP contribution in [0.1, 0.15) is 64.9 Å². The first-order chi connectivity index (χ1) is 13.1. The van der Waals surface area contributed by atoms with Crippen LogP contribution in [0, 0.1) is 0 Å². The van der Waals surface area contributed by atoms with Gasteiger partial charge in [0.25, 0.3) is 0 Å². The quantitative estimate of drug-likeness (QED) is 0.419. The normalized spacial score (nSPS) is 20.8. The maximum Gasteiger partial charge on any atom is 0.302 e. The molecule has 0 N–H and O–H groups in total. The molecule has 2 atom stereocenters. The molecule has 0 aromatic heterocycles. The molecular formula is C24H34O3Si. The number of hydrogen-bond acceptors (Lipinski definition) is 3. The summed E-state index contributed by atoms with van der Waals surface area (Å²) in [4.78, 5) is 11.8. The Morgan fingerprint density at radius 3 is 2.39 bits per heavy atom. The van der Waals surface area contributed by atoms with Crippen molar-refractivity contribution in [3.63, 3.8) is 0 Å². The van der Waals surface area contributed by atoms with Crippen molar-refractivity contribution in [1.82, 2.24) is 0 Å². The number of carbonyl (C=O) groups is 1. The van der Waals surface area contributed by atoms with E-state index in [0.29, 0.717) is 0 Å². The van der Waals surface area contributed by atoms with Gasteiger partial charge in [-0.15, -0.1) is 0 Å². The van der Waals surface area contributed by atoms with E-state index in [1.54, 1.807) is 0 Å². The molecule has 1 saturated carbocycles. The van der Waals surface area contributed by atoms with Crippen molar-refractivity contribution >= 4 is 25.1 Å². The second-order valence-electron chi connectivity index (χ2n) is 9.60. The molecule has 0 unspecified atom stereocenters. The Morgan fingerprint density at radius 1 is 1.04 bits per heavy atom. The summed E-state index contributed by atoms with van der Waals surface area (Å²) in [6.45, 7) is 12.9. The summed E-state index contributed by atoms with van der Waals surface area (Å²) in [5.74, 6) is 0.974. The molecule has 0 amide bonds. The average molecular weight is 399 g/mol. The Morgan fingerprint density at radius 2 is 1.71 bits per heavy atom. The van der Waals surface area contributed by atoms with Crippen LogP contribution in [-0.4, -0.2) is 20.4 Å². The van der Waals surface area contributed by atoms with Crippen molar-refractivity contribution < 1.29 is 14.0 Å². The SMILES string of the molecule is CC(=O)O[C@@H]1CCCC[C@@H]1c1c(O[Si](C)(C)C(C)(C)C)ccc2ccccc12. The zero-order valence-electron chi connectivity index (χ0n) is 18.2. The third kappa shape index (κ3) is 4.27. The lowest BCUT2D eigenvalue weighted by Crippen LogP contribution is -2.44. The Labute approximate surface area is 170 Å². The fraction of sp³-hybridized carbons (Fsp3) is 0.542. The average Bonchev–Trinajstić information content (AvgIpc) is 2.61. The molecule has 0 spiro atoms. The van der Waals surface area contributed by atoms with Gasteiger partial charge in [-0.1, -0.05) is 57.5 Å². The lowest BCUT2D eigenvalue weighted by molar-refractivity contribution is -0.148. The topological polar surface area (TPSA) is 35.5 Å². The summed E-state index contributed by atoms with van der Waals surface area (Å²) in [5, 5.41) is 2.56. The highest BCUT2D eigenvalue weighted by molar-refractivity contribution is 6.74. The third-order valence-electron chi connectivity index (χ3n) is 6.49. The number of fused-ring (bicyclic) bond motifs is 1. The molecule has 2 aromatic carbocycles. The molecule has 0 saturated heterocycles. The summed E-state index contributed by atoms with van der Waals surface area (Å²) in [5.41, 5.74) is 1.23. The largest absolute Gasteiger partial charge is 0.543 e. The molecule has 0 aliphatic heterocycles. The van der Waals surface area contributed by atoms with Crippen LogP contribution in [0.5, 0.6) is 5.75 Å². The Balaban J connectivity index is 2.13. The van der Waals surface area contributed by atoms with Gasteiger partial charge in [-0.25, -0.2) is 0 Å². The third-order valence-corrected chi connectivity index (χ3v) is 10.8. The number of carbonyl (C=O) groups excluding carboxylic acids is 1. The van der Waals surface area contributed by atoms with E-state index in [-0.39, 0.29) is 23.0 Å². The number of benzene rings is 2. The predicted molar refractivity (Wildman–Crippen MR) is 119 cm³/mol. The van der Waals surface area contributed by atoms with Gasteiger partial charge < -0.3 is 9.16 Å². The second kappa shape index (κ2) is 7.90. The summed E-state index contributed by atoms with van der Waals surface area (Å²) in [6, 6.07) is 12.8. The highest BCUT2D eigenvalue weighted by Crippen LogP contribution is 2.45. The molecule has 0 heterocycles. The van der Waals surface area contributed by atoms with Crippen molar-refractivity contribution in [2.75, 3.05) is 0 Å². The van der Waals surface area contributed by atoms with Crippen molar-refractivity contribution in [3.05, 3.63) is 42.0 Å². The Bertz CT molecular complexity index is 851. The van der Waals surface area contributed by atoms with Crippen LogP contribution in [0.2, 0.25) is 18.1 Å². The van der Waals surface area contributed by atoms with Gasteiger partial charge in [0, 0.05) is 18.4 Å². The summed E-state index contributed by atoms with van der Waals surface area (Å²) in [6.07, 6.45) is 4.15. The van der Waals surface area contributed by atoms with Crippen molar-refractivity contribution in [1.29, 1.82) is 0 Å². The first kappa shape index (κ1) is 20.9. The Hall–Kier alpha value is -1.81. The minimum absolute atomic E-state index is 0.0705. The van der Waals surface area contributed by atoms with E-state index in [2.05, 4.69) is 70.3 Å². The van der Waals surface area contributed by atoms with Crippen LogP contribution in [0.15, 0.2) is 36.4 Å². The van der Waals surface area contributed by atoms with Crippen LogP contribution in [-0.2, 0) is 9.53 Å². The van der Waals surface area contributed by atoms with Gasteiger partial charge in [-0.05, 0) is 54.2 Å². The standard InChI is InChI=1S/C24H34O3Si/c1-17(25)26-21-14-10-9-13-20(21)23-19-12-8-7-11-18(19)15-16-22(23)27-28(5,6)24(2,3)4/h7-8,11-12,15-16,20-21H,9-10,13-14H2,1-6H3/t20-,21+/m0/s1. The number of ether oxygens (including phenoxy) is 1. The predicted octanol–water partition coefficient (Wildman–Crippen LogP) is 6.81. The lowest BCUT2D eigenvalue weighted by atomic mass is 9.79. The van der Waals surface area contributed by atoms with E-state index < -0.39 is 8.32 Å². The first-order valence-corrected chi connectivity index (χ1v) is 13.4. The number of esters is 1. The zero-order valence-corrected chi connectivity index (χ0v) is 19.2. The van der Waals surface area contributed by atoms with E-state index in [9.17, 15) is 4.79 Å². The van der Waals surface area contributed by atoms with Crippen LogP contribution >= 0.6 is 0 Å². The molecule has 1 aliphatic rings. The molecule has 3 nitrogen and oxygen atoms in total. The zero-order chi connectivity index (χ0) is 20.5. The van der Waals surface area contributed by atoms with Gasteiger partial charge in [-0.3, -0.25) is 4.79 Å². The molecule has 152 valence electrons. The molecule has 1 fully saturated rings. The molecule has 3 rings (SSSR count). The molecule has 4 heteroatoms. The van der Waals surface area contributed by atoms with Crippen LogP contribution < -0.4 is 4.43 Å². The highest BCUT2D eigenvalue weighted by Gasteiger charge is 2.40. The summed E-state index contributed by atoms with van der Waals surface area (Å²) < 4.78 is 12.6. The molecular weight excluding hydrogens is 364 g/mol. The van der Waals surface area contributed by atoms with Crippen LogP contribution in [0.25, 0.3) is 10.8 Å². The highest BCUT2D eigenvalue weighted by atomic mass is 28.4. The van der Waals surface area contributed by atoms with Gasteiger partial charge in [0.2, 0.25) is 8.32 Å². The minimum Gasteiger partial charge on any atom is -0.543 e. The smallest absolute Gasteiger partial charge is 0.302 e. The molecule has 28 heavy (non-hydrogen) atoms. The molecule has 1 aliphatic carbocycles. The summed E-state index contributed by atoms with van der Waals surface area (Å²) in [7, 11) is -1.99. The fourth-order valence-corrected chi connectivity index (χ4v) is 4.99. The van der Waals surface area contributed by atoms with E-state index in [4.69, 9.17) is 9.16 Å². The maximum absolute atomic E-state index is 11.8. The summed E-state index contributed by atoms with van der Waals surface area (Å²) >= 11 is 0. The van der Waals surface area contributed by atoms with Crippen molar-refractivity contribution in [3.8, 4) is 5.75 Å². The number of hydrogen-bond donors (Lipinski definition) is 0. The monoisotopic (exact) mass is 398 g/mol. The van der Waals surface area contributed by atoms with Crippen LogP contribution in [0.4, 0.5) is 0 Å². The van der Waals surface area contributed by atoms with Gasteiger partial charge in [0.15, 0.2) is 0 Å². The van der Waals surface area contributed by atoms with Crippen molar-refractivity contribution in [2.45, 2.75) is 83.5 Å². The van der Waals surface area contributed by atoms with E-state index in [1.165, 1.54) is 23.3 Å². The number of rotatable bonds is 4. The van der Waals surface area contributed by atoms with Crippen molar-refractivity contribution in [2.24, 2.45) is 0 Å². The fourth-order valence-electron chi connectivity index (χ4n) is 3.96. The molecule has 0 bridgehead atoms. The maximum atomic E-state index is 11.8. The first-order valence-electron chi connectivity index (χ1n) is 10.5. The van der Waals surface area contributed by atoms with Gasteiger partial charge in [-0.2, -0.15) is 0 Å². The second-order valence-corrected chi connectivity index (χ2v) is 14.3. The molecule has 2 aromatic rings. The van der Waals surface area contributed by atoms with E-state index in [0.717, 1.165) is 31.4 Å². The Kier molecular flexibility index (Phi) is 5.90. The van der Waals surface area contributed by atoms with Gasteiger partial charge >= 0.3 is 5.97 Å². The van der Waals surface area contributed by atoms with Gasteiger partial charge in [0.1, 0.15) is 11.9 Å². The van der Waals surface area contributed by atoms with Crippen LogP contribution in [0.3, 0.4) is 0 Å². The van der Waals surface area contributed by atoms with E-state index >= 15 is 0 Å². The minimum atomic E-state index is -1.99. The van der Waals surface area contributed by atoms with E-state index in [1.807, 2.05) is 0 Å².